The molecule has 1 nitrogen and oxygen atoms in total. The van der Waals surface area contributed by atoms with E-state index in [2.05, 4.69) is 11.8 Å². The van der Waals surface area contributed by atoms with Crippen molar-refractivity contribution in [1.29, 1.82) is 0 Å². The summed E-state index contributed by atoms with van der Waals surface area (Å²) >= 11 is 5.16. The van der Waals surface area contributed by atoms with Gasteiger partial charge in [0.15, 0.2) is 0 Å². The summed E-state index contributed by atoms with van der Waals surface area (Å²) in [7, 11) is 0. The fourth-order valence-corrected chi connectivity index (χ4v) is 0.886. The minimum Gasteiger partial charge on any atom is -0.281 e. The summed E-state index contributed by atoms with van der Waals surface area (Å²) in [5.74, 6) is 5.95. The summed E-state index contributed by atoms with van der Waals surface area (Å²) in [5.41, 5.74) is 0. The van der Waals surface area contributed by atoms with E-state index in [1.54, 1.807) is 6.92 Å². The highest BCUT2D eigenvalue weighted by Gasteiger charge is 2.03. The van der Waals surface area contributed by atoms with Crippen molar-refractivity contribution in [3.63, 3.8) is 0 Å². The maximum absolute atomic E-state index is 10.3. The second-order valence-corrected chi connectivity index (χ2v) is 2.72. The minimum atomic E-state index is -0.273. The summed E-state index contributed by atoms with van der Waals surface area (Å²) in [4.78, 5) is 10.3. The molecule has 0 heterocycles. The van der Waals surface area contributed by atoms with E-state index in [0.717, 1.165) is 6.42 Å². The molecule has 0 fully saturated rings. The Bertz CT molecular complexity index is 164. The number of carbonyl (C=O) groups is 1. The number of hydrogen-bond acceptors (Lipinski definition) is 1. The van der Waals surface area contributed by atoms with Gasteiger partial charge in [-0.15, -0.1) is 11.8 Å². The average molecular weight is 159 g/mol. The molecule has 10 heavy (non-hydrogen) atoms. The van der Waals surface area contributed by atoms with Crippen LogP contribution < -0.4 is 0 Å². The van der Waals surface area contributed by atoms with Crippen molar-refractivity contribution in [2.24, 2.45) is 5.92 Å². The van der Waals surface area contributed by atoms with Crippen LogP contribution in [0.4, 0.5) is 0 Å². The van der Waals surface area contributed by atoms with Crippen molar-refractivity contribution in [2.45, 2.75) is 26.7 Å². The standard InChI is InChI=1S/C8H11ClO/c1-3-4-5-7(2)6-8(9)10/h7H,5-6H2,1-2H3/t7-/m1/s1. The highest BCUT2D eigenvalue weighted by atomic mass is 35.5. The molecule has 0 aliphatic rings. The highest BCUT2D eigenvalue weighted by Crippen LogP contribution is 2.07. The van der Waals surface area contributed by atoms with E-state index < -0.39 is 0 Å². The van der Waals surface area contributed by atoms with Crippen molar-refractivity contribution in [1.82, 2.24) is 0 Å². The molecule has 2 heteroatoms. The van der Waals surface area contributed by atoms with Crippen molar-refractivity contribution < 1.29 is 4.79 Å². The van der Waals surface area contributed by atoms with Crippen LogP contribution in [0.15, 0.2) is 0 Å². The number of rotatable bonds is 3. The molecule has 56 valence electrons. The quantitative estimate of drug-likeness (QED) is 0.455. The third-order valence-electron chi connectivity index (χ3n) is 1.14. The normalized spacial score (nSPS) is 11.5. The summed E-state index contributed by atoms with van der Waals surface area (Å²) < 4.78 is 0. The van der Waals surface area contributed by atoms with E-state index >= 15 is 0 Å². The molecular formula is C8H11ClO. The molecule has 1 atom stereocenters. The molecule has 0 radical (unpaired) electrons. The van der Waals surface area contributed by atoms with Crippen LogP contribution in [0, 0.1) is 17.8 Å². The lowest BCUT2D eigenvalue weighted by molar-refractivity contribution is -0.112. The third-order valence-corrected chi connectivity index (χ3v) is 1.29. The molecule has 0 saturated heterocycles. The second-order valence-electron chi connectivity index (χ2n) is 2.30. The van der Waals surface area contributed by atoms with Crippen LogP contribution in [0.2, 0.25) is 0 Å². The van der Waals surface area contributed by atoms with Crippen LogP contribution in [-0.2, 0) is 4.79 Å². The third kappa shape index (κ3) is 5.65. The highest BCUT2D eigenvalue weighted by molar-refractivity contribution is 6.63. The summed E-state index contributed by atoms with van der Waals surface area (Å²) in [6.07, 6.45) is 1.19. The van der Waals surface area contributed by atoms with Crippen molar-refractivity contribution in [3.8, 4) is 11.8 Å². The molecule has 0 aliphatic carbocycles. The smallest absolute Gasteiger partial charge is 0.221 e. The van der Waals surface area contributed by atoms with Gasteiger partial charge in [0.1, 0.15) is 0 Å². The van der Waals surface area contributed by atoms with Crippen LogP contribution in [0.1, 0.15) is 26.7 Å². The Hall–Kier alpha value is -0.480. The van der Waals surface area contributed by atoms with Crippen LogP contribution in [0.25, 0.3) is 0 Å². The maximum atomic E-state index is 10.3. The lowest BCUT2D eigenvalue weighted by Crippen LogP contribution is -1.97. The minimum absolute atomic E-state index is 0.273. The fraction of sp³-hybridized carbons (Fsp3) is 0.625. The Balaban J connectivity index is 3.50. The van der Waals surface area contributed by atoms with Crippen LogP contribution in [0.3, 0.4) is 0 Å². The van der Waals surface area contributed by atoms with Gasteiger partial charge >= 0.3 is 0 Å². The Labute approximate surface area is 66.8 Å². The van der Waals surface area contributed by atoms with Gasteiger partial charge < -0.3 is 0 Å². The topological polar surface area (TPSA) is 17.1 Å². The Morgan fingerprint density at radius 3 is 2.70 bits per heavy atom. The Kier molecular flexibility index (Phi) is 5.06. The lowest BCUT2D eigenvalue weighted by atomic mass is 10.1. The SMILES string of the molecule is CC#CC[C@@H](C)CC(=O)Cl. The molecule has 0 amide bonds. The molecule has 0 aromatic carbocycles. The fourth-order valence-electron chi connectivity index (χ4n) is 0.622. The maximum Gasteiger partial charge on any atom is 0.221 e. The molecule has 0 N–H and O–H groups in total. The zero-order valence-corrected chi connectivity index (χ0v) is 7.03. The molecular weight excluding hydrogens is 148 g/mol. The van der Waals surface area contributed by atoms with Gasteiger partial charge in [0.2, 0.25) is 5.24 Å². The second kappa shape index (κ2) is 5.32. The predicted octanol–water partition coefficient (Wildman–Crippen LogP) is 2.19. The van der Waals surface area contributed by atoms with Gasteiger partial charge in [0.05, 0.1) is 0 Å². The molecule has 0 unspecified atom stereocenters. The van der Waals surface area contributed by atoms with Crippen molar-refractivity contribution in [2.75, 3.05) is 0 Å². The van der Waals surface area contributed by atoms with Gasteiger partial charge in [0.25, 0.3) is 0 Å². The first kappa shape index (κ1) is 9.52. The van der Waals surface area contributed by atoms with Gasteiger partial charge in [-0.25, -0.2) is 0 Å². The molecule has 0 saturated carbocycles. The van der Waals surface area contributed by atoms with Gasteiger partial charge in [-0.05, 0) is 24.4 Å². The van der Waals surface area contributed by atoms with Crippen LogP contribution in [0.5, 0.6) is 0 Å². The largest absolute Gasteiger partial charge is 0.281 e. The van der Waals surface area contributed by atoms with E-state index in [9.17, 15) is 4.79 Å². The van der Waals surface area contributed by atoms with Crippen LogP contribution >= 0.6 is 11.6 Å². The zero-order chi connectivity index (χ0) is 7.98. The van der Waals surface area contributed by atoms with E-state index in [1.165, 1.54) is 0 Å². The van der Waals surface area contributed by atoms with E-state index in [-0.39, 0.29) is 11.2 Å². The van der Waals surface area contributed by atoms with Gasteiger partial charge in [-0.2, -0.15) is 0 Å². The monoisotopic (exact) mass is 158 g/mol. The summed E-state index contributed by atoms with van der Waals surface area (Å²) in [6, 6.07) is 0. The van der Waals surface area contributed by atoms with Gasteiger partial charge in [-0.1, -0.05) is 6.92 Å². The van der Waals surface area contributed by atoms with E-state index in [1.807, 2.05) is 6.92 Å². The van der Waals surface area contributed by atoms with Crippen LogP contribution in [-0.4, -0.2) is 5.24 Å². The first-order valence-electron chi connectivity index (χ1n) is 3.24. The summed E-state index contributed by atoms with van der Waals surface area (Å²) in [5, 5.41) is -0.273. The molecule has 0 bridgehead atoms. The lowest BCUT2D eigenvalue weighted by Gasteiger charge is -2.00. The molecule has 0 aliphatic heterocycles. The van der Waals surface area contributed by atoms with E-state index in [4.69, 9.17) is 11.6 Å². The van der Waals surface area contributed by atoms with Gasteiger partial charge in [0, 0.05) is 12.8 Å². The number of halogens is 1. The zero-order valence-electron chi connectivity index (χ0n) is 6.28. The summed E-state index contributed by atoms with van der Waals surface area (Å²) in [6.45, 7) is 3.75. The Morgan fingerprint density at radius 1 is 1.70 bits per heavy atom. The van der Waals surface area contributed by atoms with Crippen molar-refractivity contribution in [3.05, 3.63) is 0 Å². The number of carbonyl (C=O) groups excluding carboxylic acids is 1. The molecule has 0 spiro atoms. The Morgan fingerprint density at radius 2 is 2.30 bits per heavy atom. The van der Waals surface area contributed by atoms with Crippen molar-refractivity contribution >= 4 is 16.8 Å². The number of hydrogen-bond donors (Lipinski definition) is 0. The molecule has 0 aromatic rings. The predicted molar refractivity (Wildman–Crippen MR) is 42.7 cm³/mol. The first-order chi connectivity index (χ1) is 4.66. The first-order valence-corrected chi connectivity index (χ1v) is 3.62. The molecule has 0 aromatic heterocycles. The van der Waals surface area contributed by atoms with Gasteiger partial charge in [-0.3, -0.25) is 4.79 Å². The molecule has 0 rings (SSSR count). The average Bonchev–Trinajstić information content (AvgIpc) is 1.82. The van der Waals surface area contributed by atoms with E-state index in [0.29, 0.717) is 6.42 Å².